The van der Waals surface area contributed by atoms with Crippen molar-refractivity contribution in [1.82, 2.24) is 9.97 Å². The smallest absolute Gasteiger partial charge is 0.229 e. The molecule has 2 rings (SSSR count). The fourth-order valence-electron chi connectivity index (χ4n) is 1.65. The summed E-state index contributed by atoms with van der Waals surface area (Å²) in [4.78, 5) is 10.3. The molecule has 0 fully saturated rings. The third-order valence-corrected chi connectivity index (χ3v) is 3.19. The third-order valence-electron chi connectivity index (χ3n) is 2.55. The van der Waals surface area contributed by atoms with Gasteiger partial charge in [-0.15, -0.1) is 0 Å². The van der Waals surface area contributed by atoms with Crippen LogP contribution in [0.25, 0.3) is 0 Å². The molecule has 2 aromatic rings. The maximum Gasteiger partial charge on any atom is 0.229 e. The largest absolute Gasteiger partial charge is 0.308 e. The number of nitrogens with zero attached hydrogens (tertiary/aromatic N) is 3. The fourth-order valence-corrected chi connectivity index (χ4v) is 1.94. The second-order valence-corrected chi connectivity index (χ2v) is 4.28. The zero-order valence-corrected chi connectivity index (χ0v) is 11.6. The Morgan fingerprint density at radius 3 is 2.44 bits per heavy atom. The summed E-state index contributed by atoms with van der Waals surface area (Å²) in [5, 5.41) is 0.707. The maximum absolute atomic E-state index is 13.8. The summed E-state index contributed by atoms with van der Waals surface area (Å²) in [5.74, 6) is 0.236. The highest BCUT2D eigenvalue weighted by molar-refractivity contribution is 9.08. The molecule has 3 nitrogen and oxygen atoms in total. The minimum atomic E-state index is -0.271. The van der Waals surface area contributed by atoms with E-state index in [1.165, 1.54) is 6.07 Å². The van der Waals surface area contributed by atoms with Gasteiger partial charge in [0.2, 0.25) is 5.95 Å². The van der Waals surface area contributed by atoms with Crippen LogP contribution < -0.4 is 4.90 Å². The molecule has 0 aliphatic heterocycles. The first-order chi connectivity index (χ1) is 8.76. The highest BCUT2D eigenvalue weighted by Gasteiger charge is 2.13. The van der Waals surface area contributed by atoms with Crippen molar-refractivity contribution in [2.45, 2.75) is 12.3 Å². The number of anilines is 2. The zero-order valence-electron chi connectivity index (χ0n) is 9.98. The Kier molecular flexibility index (Phi) is 4.25. The lowest BCUT2D eigenvalue weighted by molar-refractivity contribution is 0.624. The summed E-state index contributed by atoms with van der Waals surface area (Å²) in [6.07, 6.45) is 3.47. The number of hydrogen-bond donors (Lipinski definition) is 0. The molecule has 0 bridgehead atoms. The van der Waals surface area contributed by atoms with E-state index in [9.17, 15) is 4.39 Å². The molecule has 0 aliphatic rings. The van der Waals surface area contributed by atoms with Crippen LogP contribution in [0, 0.1) is 5.82 Å². The lowest BCUT2D eigenvalue weighted by Gasteiger charge is -2.21. The van der Waals surface area contributed by atoms with Crippen LogP contribution >= 0.6 is 15.9 Å². The normalized spacial score (nSPS) is 10.4. The average molecular weight is 310 g/mol. The van der Waals surface area contributed by atoms with Crippen LogP contribution in [-0.4, -0.2) is 16.5 Å². The number of rotatable bonds is 4. The Hall–Kier alpha value is -1.49. The van der Waals surface area contributed by atoms with Gasteiger partial charge >= 0.3 is 0 Å². The number of halogens is 2. The fraction of sp³-hybridized carbons (Fsp3) is 0.231. The molecule has 0 spiro atoms. The predicted molar refractivity (Wildman–Crippen MR) is 73.7 cm³/mol. The van der Waals surface area contributed by atoms with Gasteiger partial charge in [0, 0.05) is 24.3 Å². The van der Waals surface area contributed by atoms with Crippen molar-refractivity contribution in [3.63, 3.8) is 0 Å². The van der Waals surface area contributed by atoms with Gasteiger partial charge in [0.25, 0.3) is 0 Å². The van der Waals surface area contributed by atoms with Gasteiger partial charge < -0.3 is 4.90 Å². The first kappa shape index (κ1) is 13.0. The summed E-state index contributed by atoms with van der Waals surface area (Å²) in [6.45, 7) is 2.54. The molecule has 0 N–H and O–H groups in total. The minimum Gasteiger partial charge on any atom is -0.308 e. The highest BCUT2D eigenvalue weighted by atomic mass is 79.9. The Labute approximate surface area is 114 Å². The summed E-state index contributed by atoms with van der Waals surface area (Å²) in [5.41, 5.74) is 1.48. The van der Waals surface area contributed by atoms with Gasteiger partial charge in [-0.1, -0.05) is 28.1 Å². The Morgan fingerprint density at radius 1 is 1.22 bits per heavy atom. The quantitative estimate of drug-likeness (QED) is 0.807. The van der Waals surface area contributed by atoms with E-state index in [-0.39, 0.29) is 5.82 Å². The highest BCUT2D eigenvalue weighted by Crippen LogP contribution is 2.24. The molecule has 0 saturated carbocycles. The molecule has 1 heterocycles. The van der Waals surface area contributed by atoms with Gasteiger partial charge in [0.15, 0.2) is 0 Å². The lowest BCUT2D eigenvalue weighted by atomic mass is 10.3. The third kappa shape index (κ3) is 2.67. The Bertz CT molecular complexity index is 516. The van der Waals surface area contributed by atoms with Crippen LogP contribution in [0.15, 0.2) is 36.7 Å². The van der Waals surface area contributed by atoms with E-state index in [0.717, 1.165) is 5.56 Å². The van der Waals surface area contributed by atoms with Crippen LogP contribution in [-0.2, 0) is 5.33 Å². The van der Waals surface area contributed by atoms with Crippen LogP contribution in [0.5, 0.6) is 0 Å². The van der Waals surface area contributed by atoms with E-state index in [4.69, 9.17) is 0 Å². The summed E-state index contributed by atoms with van der Waals surface area (Å²) < 4.78 is 13.8. The van der Waals surface area contributed by atoms with Crippen molar-refractivity contribution >= 4 is 27.6 Å². The molecule has 94 valence electrons. The van der Waals surface area contributed by atoms with Crippen molar-refractivity contribution in [1.29, 1.82) is 0 Å². The molecule has 0 radical (unpaired) electrons. The summed E-state index contributed by atoms with van der Waals surface area (Å²) in [7, 11) is 0. The van der Waals surface area contributed by atoms with Crippen molar-refractivity contribution in [3.05, 3.63) is 48.0 Å². The molecule has 0 amide bonds. The van der Waals surface area contributed by atoms with E-state index in [1.807, 2.05) is 6.92 Å². The second-order valence-electron chi connectivity index (χ2n) is 3.72. The van der Waals surface area contributed by atoms with Crippen molar-refractivity contribution in [3.8, 4) is 0 Å². The van der Waals surface area contributed by atoms with Crippen molar-refractivity contribution in [2.24, 2.45) is 0 Å². The monoisotopic (exact) mass is 309 g/mol. The van der Waals surface area contributed by atoms with Crippen LogP contribution in [0.3, 0.4) is 0 Å². The van der Waals surface area contributed by atoms with Crippen LogP contribution in [0.2, 0.25) is 0 Å². The molecular formula is C13H13BrFN3. The SMILES string of the molecule is CCN(c1ncc(CBr)cn1)c1ccccc1F. The number of aromatic nitrogens is 2. The van der Waals surface area contributed by atoms with Crippen molar-refractivity contribution < 1.29 is 4.39 Å². The van der Waals surface area contributed by atoms with Crippen LogP contribution in [0.1, 0.15) is 12.5 Å². The van der Waals surface area contributed by atoms with E-state index in [1.54, 1.807) is 35.5 Å². The molecule has 0 aliphatic carbocycles. The first-order valence-corrected chi connectivity index (χ1v) is 6.77. The molecule has 0 atom stereocenters. The first-order valence-electron chi connectivity index (χ1n) is 5.65. The maximum atomic E-state index is 13.8. The molecule has 18 heavy (non-hydrogen) atoms. The molecule has 0 unspecified atom stereocenters. The lowest BCUT2D eigenvalue weighted by Crippen LogP contribution is -2.19. The molecule has 5 heteroatoms. The number of alkyl halides is 1. The van der Waals surface area contributed by atoms with E-state index in [0.29, 0.717) is 23.5 Å². The number of para-hydroxylation sites is 1. The van der Waals surface area contributed by atoms with Crippen molar-refractivity contribution in [2.75, 3.05) is 11.4 Å². The van der Waals surface area contributed by atoms with E-state index in [2.05, 4.69) is 25.9 Å². The number of benzene rings is 1. The van der Waals surface area contributed by atoms with Gasteiger partial charge in [-0.2, -0.15) is 0 Å². The molecule has 1 aromatic heterocycles. The predicted octanol–water partition coefficient (Wildman–Crippen LogP) is 3.67. The van der Waals surface area contributed by atoms with Gasteiger partial charge in [-0.05, 0) is 24.6 Å². The van der Waals surface area contributed by atoms with Crippen LogP contribution in [0.4, 0.5) is 16.0 Å². The molecule has 0 saturated heterocycles. The Balaban J connectivity index is 2.36. The zero-order chi connectivity index (χ0) is 13.0. The standard InChI is InChI=1S/C13H13BrFN3/c1-2-18(12-6-4-3-5-11(12)15)13-16-8-10(7-14)9-17-13/h3-6,8-9H,2,7H2,1H3. The summed E-state index contributed by atoms with van der Waals surface area (Å²) in [6, 6.07) is 6.63. The van der Waals surface area contributed by atoms with E-state index >= 15 is 0 Å². The molecular weight excluding hydrogens is 297 g/mol. The topological polar surface area (TPSA) is 29.0 Å². The molecule has 1 aromatic carbocycles. The minimum absolute atomic E-state index is 0.271. The Morgan fingerprint density at radius 2 is 1.89 bits per heavy atom. The van der Waals surface area contributed by atoms with E-state index < -0.39 is 0 Å². The second kappa shape index (κ2) is 5.91. The van der Waals surface area contributed by atoms with Gasteiger partial charge in [0.1, 0.15) is 5.82 Å². The number of hydrogen-bond acceptors (Lipinski definition) is 3. The van der Waals surface area contributed by atoms with Gasteiger partial charge in [0.05, 0.1) is 5.69 Å². The van der Waals surface area contributed by atoms with Gasteiger partial charge in [-0.3, -0.25) is 0 Å². The summed E-state index contributed by atoms with van der Waals surface area (Å²) >= 11 is 3.34. The van der Waals surface area contributed by atoms with Gasteiger partial charge in [-0.25, -0.2) is 14.4 Å². The average Bonchev–Trinajstić information content (AvgIpc) is 2.42.